The van der Waals surface area contributed by atoms with Crippen LogP contribution in [0, 0.1) is 0 Å². The Balaban J connectivity index is 1.11. The topological polar surface area (TPSA) is 6.48 Å². The molecular formula is C49H34N2. The molecule has 0 saturated heterocycles. The molecule has 0 aromatic heterocycles. The molecule has 0 radical (unpaired) electrons. The Bertz CT molecular complexity index is 2500. The molecule has 3 aliphatic carbocycles. The van der Waals surface area contributed by atoms with E-state index in [2.05, 4.69) is 192 Å². The van der Waals surface area contributed by atoms with Gasteiger partial charge in [-0.05, 0) is 111 Å². The van der Waals surface area contributed by atoms with Crippen molar-refractivity contribution >= 4 is 34.0 Å². The SMILES string of the molecule is C1=C(c2ccccc2)CCC(N2c3ccccc3N(c3ccc4c(c3)C3(c5ccccc5-c5ccccc53)c3ccccc3-4)c3ccccc32)=C1. The van der Waals surface area contributed by atoms with Gasteiger partial charge in [0.2, 0.25) is 0 Å². The minimum Gasteiger partial charge on any atom is -0.310 e. The third-order valence-electron chi connectivity index (χ3n) is 11.5. The summed E-state index contributed by atoms with van der Waals surface area (Å²) in [5.41, 5.74) is 20.3. The number of benzene rings is 7. The van der Waals surface area contributed by atoms with Gasteiger partial charge in [0, 0.05) is 11.4 Å². The molecule has 1 heterocycles. The van der Waals surface area contributed by atoms with Crippen LogP contribution < -0.4 is 9.80 Å². The highest BCUT2D eigenvalue weighted by atomic mass is 15.3. The maximum absolute atomic E-state index is 2.49. The van der Waals surface area contributed by atoms with Gasteiger partial charge in [-0.1, -0.05) is 140 Å². The van der Waals surface area contributed by atoms with Crippen molar-refractivity contribution in [1.82, 2.24) is 0 Å². The molecule has 2 nitrogen and oxygen atoms in total. The highest BCUT2D eigenvalue weighted by Gasteiger charge is 2.51. The van der Waals surface area contributed by atoms with Crippen LogP contribution in [0.2, 0.25) is 0 Å². The zero-order valence-corrected chi connectivity index (χ0v) is 28.1. The molecular weight excluding hydrogens is 617 g/mol. The maximum Gasteiger partial charge on any atom is 0.0726 e. The summed E-state index contributed by atoms with van der Waals surface area (Å²) in [6, 6.07) is 63.0. The molecule has 7 aromatic carbocycles. The highest BCUT2D eigenvalue weighted by molar-refractivity contribution is 6.01. The van der Waals surface area contributed by atoms with Gasteiger partial charge in [-0.2, -0.15) is 0 Å². The summed E-state index contributed by atoms with van der Waals surface area (Å²) in [5.74, 6) is 0. The summed E-state index contributed by atoms with van der Waals surface area (Å²) in [6.07, 6.45) is 6.64. The molecule has 7 aromatic rings. The normalized spacial score (nSPS) is 15.6. The average molecular weight is 651 g/mol. The van der Waals surface area contributed by atoms with Crippen molar-refractivity contribution in [3.8, 4) is 22.3 Å². The number of allylic oxidation sites excluding steroid dienone is 4. The molecule has 0 N–H and O–H groups in total. The first kappa shape index (κ1) is 28.5. The molecule has 4 aliphatic rings. The average Bonchev–Trinajstić information content (AvgIpc) is 3.67. The Kier molecular flexibility index (Phi) is 6.03. The van der Waals surface area contributed by atoms with Gasteiger partial charge in [0.25, 0.3) is 0 Å². The lowest BCUT2D eigenvalue weighted by molar-refractivity contribution is 0.793. The zero-order valence-electron chi connectivity index (χ0n) is 28.1. The Labute approximate surface area is 298 Å². The number of rotatable bonds is 3. The van der Waals surface area contributed by atoms with E-state index >= 15 is 0 Å². The quantitative estimate of drug-likeness (QED) is 0.188. The molecule has 1 spiro atoms. The molecule has 0 unspecified atom stereocenters. The zero-order chi connectivity index (χ0) is 33.5. The predicted octanol–water partition coefficient (Wildman–Crippen LogP) is 12.7. The molecule has 11 rings (SSSR count). The first-order valence-corrected chi connectivity index (χ1v) is 18.0. The number of fused-ring (bicyclic) bond motifs is 12. The molecule has 0 amide bonds. The smallest absolute Gasteiger partial charge is 0.0726 e. The van der Waals surface area contributed by atoms with Crippen LogP contribution in [0.15, 0.2) is 188 Å². The summed E-state index contributed by atoms with van der Waals surface area (Å²) in [4.78, 5) is 4.98. The van der Waals surface area contributed by atoms with E-state index in [1.54, 1.807) is 0 Å². The van der Waals surface area contributed by atoms with Gasteiger partial charge in [-0.3, -0.25) is 0 Å². The fourth-order valence-electron chi connectivity index (χ4n) is 9.46. The van der Waals surface area contributed by atoms with Crippen LogP contribution in [-0.4, -0.2) is 0 Å². The molecule has 1 aliphatic heterocycles. The van der Waals surface area contributed by atoms with Crippen LogP contribution in [0.3, 0.4) is 0 Å². The van der Waals surface area contributed by atoms with E-state index in [4.69, 9.17) is 0 Å². The first-order chi connectivity index (χ1) is 25.3. The van der Waals surface area contributed by atoms with E-state index in [0.717, 1.165) is 12.8 Å². The van der Waals surface area contributed by atoms with Crippen molar-refractivity contribution < 1.29 is 0 Å². The maximum atomic E-state index is 2.49. The fraction of sp³-hybridized carbons (Fsp3) is 0.0612. The Morgan fingerprint density at radius 2 is 0.843 bits per heavy atom. The lowest BCUT2D eigenvalue weighted by Crippen LogP contribution is -2.28. The standard InChI is InChI=1S/C49H34N2/c1-2-14-33(15-3-1)34-26-28-35(29-27-34)50-45-22-10-12-24-47(45)51(48-25-13-11-23-46(48)50)36-30-31-40-39-18-6-9-21-43(39)49(44(40)32-36)41-19-7-4-16-37(41)38-17-5-8-20-42(38)49/h1-26,28,30-32H,27,29H2. The first-order valence-electron chi connectivity index (χ1n) is 18.0. The van der Waals surface area contributed by atoms with E-state index in [-0.39, 0.29) is 5.41 Å². The van der Waals surface area contributed by atoms with Gasteiger partial charge in [-0.25, -0.2) is 0 Å². The van der Waals surface area contributed by atoms with Crippen LogP contribution in [0.25, 0.3) is 27.8 Å². The van der Waals surface area contributed by atoms with Crippen molar-refractivity contribution in [3.05, 3.63) is 216 Å². The number of para-hydroxylation sites is 4. The second-order valence-electron chi connectivity index (χ2n) is 14.0. The van der Waals surface area contributed by atoms with Crippen LogP contribution in [0.4, 0.5) is 28.4 Å². The lowest BCUT2D eigenvalue weighted by Gasteiger charge is -2.42. The molecule has 0 saturated carbocycles. The minimum absolute atomic E-state index is 0.383. The third-order valence-corrected chi connectivity index (χ3v) is 11.5. The van der Waals surface area contributed by atoms with Crippen molar-refractivity contribution in [2.24, 2.45) is 0 Å². The van der Waals surface area contributed by atoms with Gasteiger partial charge < -0.3 is 9.80 Å². The van der Waals surface area contributed by atoms with Gasteiger partial charge in [0.15, 0.2) is 0 Å². The van der Waals surface area contributed by atoms with E-state index < -0.39 is 0 Å². The number of nitrogens with zero attached hydrogens (tertiary/aromatic N) is 2. The number of anilines is 5. The van der Waals surface area contributed by atoms with Gasteiger partial charge >= 0.3 is 0 Å². The molecule has 0 bridgehead atoms. The van der Waals surface area contributed by atoms with Gasteiger partial charge in [-0.15, -0.1) is 0 Å². The molecule has 0 atom stereocenters. The monoisotopic (exact) mass is 650 g/mol. The fourth-order valence-corrected chi connectivity index (χ4v) is 9.46. The van der Waals surface area contributed by atoms with Gasteiger partial charge in [0.05, 0.1) is 28.2 Å². The van der Waals surface area contributed by atoms with Crippen molar-refractivity contribution in [2.45, 2.75) is 18.3 Å². The Morgan fingerprint density at radius 1 is 0.373 bits per heavy atom. The van der Waals surface area contributed by atoms with Gasteiger partial charge in [0.1, 0.15) is 0 Å². The summed E-state index contributed by atoms with van der Waals surface area (Å²) < 4.78 is 0. The summed E-state index contributed by atoms with van der Waals surface area (Å²) >= 11 is 0. The second-order valence-corrected chi connectivity index (χ2v) is 14.0. The van der Waals surface area contributed by atoms with Crippen molar-refractivity contribution in [1.29, 1.82) is 0 Å². The summed E-state index contributed by atoms with van der Waals surface area (Å²) in [7, 11) is 0. The van der Waals surface area contributed by atoms with Crippen LogP contribution >= 0.6 is 0 Å². The Morgan fingerprint density at radius 3 is 1.37 bits per heavy atom. The van der Waals surface area contributed by atoms with E-state index in [1.165, 1.54) is 89.8 Å². The molecule has 240 valence electrons. The largest absolute Gasteiger partial charge is 0.310 e. The van der Waals surface area contributed by atoms with E-state index in [1.807, 2.05) is 0 Å². The summed E-state index contributed by atoms with van der Waals surface area (Å²) in [5, 5.41) is 0. The lowest BCUT2D eigenvalue weighted by atomic mass is 9.70. The molecule has 0 fully saturated rings. The van der Waals surface area contributed by atoms with Crippen LogP contribution in [0.1, 0.15) is 40.7 Å². The third kappa shape index (κ3) is 3.88. The second kappa shape index (κ2) is 10.8. The number of hydrogen-bond acceptors (Lipinski definition) is 2. The number of hydrogen-bond donors (Lipinski definition) is 0. The predicted molar refractivity (Wildman–Crippen MR) is 211 cm³/mol. The van der Waals surface area contributed by atoms with E-state index in [0.29, 0.717) is 0 Å². The molecule has 51 heavy (non-hydrogen) atoms. The van der Waals surface area contributed by atoms with E-state index in [9.17, 15) is 0 Å². The summed E-state index contributed by atoms with van der Waals surface area (Å²) in [6.45, 7) is 0. The minimum atomic E-state index is -0.383. The van der Waals surface area contributed by atoms with Crippen LogP contribution in [-0.2, 0) is 5.41 Å². The highest BCUT2D eigenvalue weighted by Crippen LogP contribution is 2.64. The molecule has 2 heteroatoms. The van der Waals surface area contributed by atoms with Crippen LogP contribution in [0.5, 0.6) is 0 Å². The van der Waals surface area contributed by atoms with Crippen molar-refractivity contribution in [3.63, 3.8) is 0 Å². The Hall–Kier alpha value is -6.38. The van der Waals surface area contributed by atoms with Crippen molar-refractivity contribution in [2.75, 3.05) is 9.80 Å².